The summed E-state index contributed by atoms with van der Waals surface area (Å²) in [7, 11) is 3.06. The summed E-state index contributed by atoms with van der Waals surface area (Å²) in [5.41, 5.74) is 0.340. The van der Waals surface area contributed by atoms with Crippen LogP contribution in [0.4, 0.5) is 0 Å². The Balaban J connectivity index is 3.28. The van der Waals surface area contributed by atoms with E-state index >= 15 is 0 Å². The van der Waals surface area contributed by atoms with Gasteiger partial charge in [0.25, 0.3) is 0 Å². The third kappa shape index (κ3) is 1.34. The highest BCUT2D eigenvalue weighted by atomic mass is 16.5. The van der Waals surface area contributed by atoms with E-state index in [1.54, 1.807) is 14.0 Å². The number of hydrogen-bond acceptors (Lipinski definition) is 3. The van der Waals surface area contributed by atoms with Crippen molar-refractivity contribution in [3.05, 3.63) is 23.5 Å². The van der Waals surface area contributed by atoms with Gasteiger partial charge in [-0.3, -0.25) is 4.79 Å². The van der Waals surface area contributed by atoms with E-state index in [2.05, 4.69) is 6.58 Å². The second-order valence-corrected chi connectivity index (χ2v) is 4.10. The van der Waals surface area contributed by atoms with Gasteiger partial charge < -0.3 is 9.47 Å². The van der Waals surface area contributed by atoms with Gasteiger partial charge in [0.05, 0.1) is 7.11 Å². The van der Waals surface area contributed by atoms with Gasteiger partial charge in [-0.15, -0.1) is 0 Å². The van der Waals surface area contributed by atoms with Gasteiger partial charge in [0.15, 0.2) is 0 Å². The van der Waals surface area contributed by atoms with E-state index in [-0.39, 0.29) is 11.7 Å². The molecule has 0 radical (unpaired) electrons. The maximum absolute atomic E-state index is 12.0. The first-order valence-electron chi connectivity index (χ1n) is 4.98. The van der Waals surface area contributed by atoms with Crippen molar-refractivity contribution in [2.75, 3.05) is 14.2 Å². The SMILES string of the molecule is C=C(C)C1(OC)C(=O)C(C(C)C)=C1OC. The summed E-state index contributed by atoms with van der Waals surface area (Å²) in [4.78, 5) is 12.0. The lowest BCUT2D eigenvalue weighted by Crippen LogP contribution is -2.55. The molecule has 0 bridgehead atoms. The lowest BCUT2D eigenvalue weighted by Gasteiger charge is -2.43. The molecule has 0 aromatic carbocycles. The molecule has 1 aliphatic rings. The van der Waals surface area contributed by atoms with Crippen LogP contribution < -0.4 is 0 Å². The first kappa shape index (κ1) is 12.0. The van der Waals surface area contributed by atoms with Crippen molar-refractivity contribution in [2.24, 2.45) is 5.92 Å². The van der Waals surface area contributed by atoms with Crippen LogP contribution in [0.25, 0.3) is 0 Å². The lowest BCUT2D eigenvalue weighted by molar-refractivity contribution is -0.139. The van der Waals surface area contributed by atoms with Gasteiger partial charge in [-0.25, -0.2) is 0 Å². The van der Waals surface area contributed by atoms with Crippen molar-refractivity contribution < 1.29 is 14.3 Å². The quantitative estimate of drug-likeness (QED) is 0.666. The van der Waals surface area contributed by atoms with E-state index in [0.29, 0.717) is 16.9 Å². The van der Waals surface area contributed by atoms with Gasteiger partial charge >= 0.3 is 0 Å². The number of ether oxygens (including phenoxy) is 2. The van der Waals surface area contributed by atoms with Gasteiger partial charge in [-0.05, 0) is 18.4 Å². The van der Waals surface area contributed by atoms with Crippen LogP contribution in [0.3, 0.4) is 0 Å². The molecule has 0 amide bonds. The smallest absolute Gasteiger partial charge is 0.208 e. The Bertz CT molecular complexity index is 339. The Morgan fingerprint density at radius 3 is 2.20 bits per heavy atom. The van der Waals surface area contributed by atoms with E-state index in [1.807, 2.05) is 13.8 Å². The third-order valence-corrected chi connectivity index (χ3v) is 2.82. The van der Waals surface area contributed by atoms with Crippen LogP contribution in [-0.2, 0) is 14.3 Å². The predicted octanol–water partition coefficient (Wildman–Crippen LogP) is 2.09. The van der Waals surface area contributed by atoms with E-state index in [9.17, 15) is 4.79 Å². The Morgan fingerprint density at radius 2 is 1.93 bits per heavy atom. The van der Waals surface area contributed by atoms with E-state index in [0.717, 1.165) is 0 Å². The average Bonchev–Trinajstić information content (AvgIpc) is 2.13. The van der Waals surface area contributed by atoms with Crippen molar-refractivity contribution >= 4 is 5.78 Å². The molecule has 0 aromatic rings. The molecular weight excluding hydrogens is 192 g/mol. The van der Waals surface area contributed by atoms with Gasteiger partial charge in [0.1, 0.15) is 5.76 Å². The second-order valence-electron chi connectivity index (χ2n) is 4.10. The van der Waals surface area contributed by atoms with Crippen LogP contribution in [0.15, 0.2) is 23.5 Å². The van der Waals surface area contributed by atoms with E-state index < -0.39 is 5.60 Å². The molecule has 3 nitrogen and oxygen atoms in total. The average molecular weight is 210 g/mol. The number of carbonyl (C=O) groups excluding carboxylic acids is 1. The van der Waals surface area contributed by atoms with Crippen LogP contribution in [-0.4, -0.2) is 25.6 Å². The van der Waals surface area contributed by atoms with Crippen LogP contribution in [0.2, 0.25) is 0 Å². The molecule has 1 unspecified atom stereocenters. The highest BCUT2D eigenvalue weighted by molar-refractivity contribution is 6.14. The number of Topliss-reactive ketones (excluding diaryl/α,β-unsaturated/α-hetero) is 1. The Kier molecular flexibility index (Phi) is 3.05. The molecule has 0 aromatic heterocycles. The van der Waals surface area contributed by atoms with Crippen LogP contribution in [0, 0.1) is 5.92 Å². The highest BCUT2D eigenvalue weighted by Gasteiger charge is 2.57. The summed E-state index contributed by atoms with van der Waals surface area (Å²) in [5, 5.41) is 0. The fourth-order valence-electron chi connectivity index (χ4n) is 2.05. The molecule has 1 rings (SSSR count). The standard InChI is InChI=1S/C12H18O3/c1-7(2)9-10(13)12(15-6,8(3)4)11(9)14-5/h7H,3H2,1-2,4-6H3. The molecule has 0 saturated carbocycles. The van der Waals surface area contributed by atoms with Crippen molar-refractivity contribution in [1.82, 2.24) is 0 Å². The first-order chi connectivity index (χ1) is 6.93. The number of methoxy groups -OCH3 is 2. The second kappa shape index (κ2) is 3.81. The number of hydrogen-bond donors (Lipinski definition) is 0. The fourth-order valence-corrected chi connectivity index (χ4v) is 2.05. The molecule has 84 valence electrons. The van der Waals surface area contributed by atoms with Crippen molar-refractivity contribution in [2.45, 2.75) is 26.4 Å². The minimum absolute atomic E-state index is 0.0237. The molecule has 15 heavy (non-hydrogen) atoms. The highest BCUT2D eigenvalue weighted by Crippen LogP contribution is 2.45. The molecule has 0 fully saturated rings. The molecule has 1 aliphatic carbocycles. The summed E-state index contributed by atoms with van der Waals surface area (Å²) in [6.45, 7) is 9.50. The van der Waals surface area contributed by atoms with Crippen LogP contribution in [0.1, 0.15) is 20.8 Å². The van der Waals surface area contributed by atoms with E-state index in [1.165, 1.54) is 7.11 Å². The molecule has 0 heterocycles. The van der Waals surface area contributed by atoms with Crippen molar-refractivity contribution in [3.63, 3.8) is 0 Å². The maximum atomic E-state index is 12.0. The topological polar surface area (TPSA) is 35.5 Å². The Labute approximate surface area is 90.8 Å². The molecule has 0 saturated heterocycles. The Morgan fingerprint density at radius 1 is 1.40 bits per heavy atom. The summed E-state index contributed by atoms with van der Waals surface area (Å²) in [6, 6.07) is 0. The van der Waals surface area contributed by atoms with Crippen LogP contribution >= 0.6 is 0 Å². The summed E-state index contributed by atoms with van der Waals surface area (Å²) >= 11 is 0. The predicted molar refractivity (Wildman–Crippen MR) is 58.4 cm³/mol. The minimum Gasteiger partial charge on any atom is -0.497 e. The molecule has 0 N–H and O–H groups in total. The van der Waals surface area contributed by atoms with Gasteiger partial charge in [0, 0.05) is 12.7 Å². The fraction of sp³-hybridized carbons (Fsp3) is 0.583. The molecule has 0 aliphatic heterocycles. The summed E-state index contributed by atoms with van der Waals surface area (Å²) in [5.74, 6) is 0.733. The number of carbonyl (C=O) groups is 1. The van der Waals surface area contributed by atoms with Crippen molar-refractivity contribution in [1.29, 1.82) is 0 Å². The molecule has 0 spiro atoms. The Hall–Kier alpha value is -1.09. The van der Waals surface area contributed by atoms with E-state index in [4.69, 9.17) is 9.47 Å². The zero-order chi connectivity index (χ0) is 11.8. The molecular formula is C12H18O3. The van der Waals surface area contributed by atoms with Gasteiger partial charge in [0.2, 0.25) is 11.4 Å². The summed E-state index contributed by atoms with van der Waals surface area (Å²) < 4.78 is 10.6. The lowest BCUT2D eigenvalue weighted by atomic mass is 9.70. The largest absolute Gasteiger partial charge is 0.497 e. The number of rotatable bonds is 4. The van der Waals surface area contributed by atoms with Gasteiger partial charge in [-0.2, -0.15) is 0 Å². The summed E-state index contributed by atoms with van der Waals surface area (Å²) in [6.07, 6.45) is 0. The molecule has 3 heteroatoms. The zero-order valence-electron chi connectivity index (χ0n) is 10.0. The van der Waals surface area contributed by atoms with Crippen molar-refractivity contribution in [3.8, 4) is 0 Å². The normalized spacial score (nSPS) is 25.6. The monoisotopic (exact) mass is 210 g/mol. The number of ketones is 1. The minimum atomic E-state index is -1.03. The zero-order valence-corrected chi connectivity index (χ0v) is 10.0. The van der Waals surface area contributed by atoms with Crippen LogP contribution in [0.5, 0.6) is 0 Å². The third-order valence-electron chi connectivity index (χ3n) is 2.82. The first-order valence-corrected chi connectivity index (χ1v) is 4.98. The maximum Gasteiger partial charge on any atom is 0.208 e. The van der Waals surface area contributed by atoms with Gasteiger partial charge in [-0.1, -0.05) is 20.4 Å². The molecule has 1 atom stereocenters.